The molecule has 1 heterocycles. The molecule has 2 unspecified atom stereocenters. The monoisotopic (exact) mass is 359 g/mol. The summed E-state index contributed by atoms with van der Waals surface area (Å²) in [5.41, 5.74) is 0.758. The summed E-state index contributed by atoms with van der Waals surface area (Å²) in [4.78, 5) is 10.7. The highest BCUT2D eigenvalue weighted by Gasteiger charge is 2.44. The molecule has 0 amide bonds. The van der Waals surface area contributed by atoms with Gasteiger partial charge in [0.2, 0.25) is 0 Å². The fourth-order valence-corrected chi connectivity index (χ4v) is 4.29. The zero-order valence-electron chi connectivity index (χ0n) is 11.2. The van der Waals surface area contributed by atoms with E-state index in [1.165, 1.54) is 0 Å². The van der Waals surface area contributed by atoms with E-state index in [-0.39, 0.29) is 5.75 Å². The van der Waals surface area contributed by atoms with Crippen LogP contribution in [0.5, 0.6) is 5.75 Å². The summed E-state index contributed by atoms with van der Waals surface area (Å²) in [6, 6.07) is 4.72. The van der Waals surface area contributed by atoms with Crippen molar-refractivity contribution in [1.82, 2.24) is 5.32 Å². The summed E-state index contributed by atoms with van der Waals surface area (Å²) in [6.45, 7) is 2.10. The number of benzene rings is 1. The maximum absolute atomic E-state index is 11.2. The molecule has 1 aliphatic heterocycles. The van der Waals surface area contributed by atoms with Gasteiger partial charge in [-0.2, -0.15) is 0 Å². The maximum atomic E-state index is 11.2. The molecule has 2 atom stereocenters. The summed E-state index contributed by atoms with van der Waals surface area (Å²) in [6.07, 6.45) is 2.79. The highest BCUT2D eigenvalue weighted by molar-refractivity contribution is 9.10. The van der Waals surface area contributed by atoms with Crippen molar-refractivity contribution in [2.24, 2.45) is 0 Å². The topological polar surface area (TPSA) is 69.6 Å². The fraction of sp³-hybridized carbons (Fsp3) is 0.500. The summed E-state index contributed by atoms with van der Waals surface area (Å²) >= 11 is 4.98. The van der Waals surface area contributed by atoms with Gasteiger partial charge in [0, 0.05) is 15.8 Å². The Hall–Kier alpha value is -0.720. The van der Waals surface area contributed by atoms with Crippen LogP contribution in [-0.2, 0) is 9.67 Å². The molecule has 1 fully saturated rings. The highest BCUT2D eigenvalue weighted by Crippen LogP contribution is 2.47. The molecule has 6 heteroatoms. The van der Waals surface area contributed by atoms with Gasteiger partial charge in [0.1, 0.15) is 11.8 Å². The van der Waals surface area contributed by atoms with Crippen LogP contribution in [0.3, 0.4) is 0 Å². The number of aliphatic carboxylic acids is 1. The van der Waals surface area contributed by atoms with Crippen LogP contribution < -0.4 is 5.32 Å². The van der Waals surface area contributed by atoms with E-state index in [1.807, 2.05) is 6.07 Å². The van der Waals surface area contributed by atoms with Crippen molar-refractivity contribution in [3.05, 3.63) is 28.2 Å². The second-order valence-corrected chi connectivity index (χ2v) is 7.17. The third-order valence-electron chi connectivity index (χ3n) is 3.48. The fourth-order valence-electron chi connectivity index (χ4n) is 2.42. The number of thioether (sulfide) groups is 1. The van der Waals surface area contributed by atoms with E-state index in [9.17, 15) is 15.0 Å². The number of phenols is 1. The molecule has 1 aliphatic rings. The van der Waals surface area contributed by atoms with Crippen molar-refractivity contribution in [3.8, 4) is 5.75 Å². The van der Waals surface area contributed by atoms with Gasteiger partial charge in [-0.3, -0.25) is 10.1 Å². The largest absolute Gasteiger partial charge is 0.508 e. The predicted molar refractivity (Wildman–Crippen MR) is 84.0 cm³/mol. The first kappa shape index (κ1) is 15.7. The van der Waals surface area contributed by atoms with E-state index < -0.39 is 16.9 Å². The van der Waals surface area contributed by atoms with Crippen LogP contribution in [0, 0.1) is 0 Å². The smallest absolute Gasteiger partial charge is 0.321 e. The number of nitrogens with one attached hydrogen (secondary N) is 1. The van der Waals surface area contributed by atoms with Crippen LogP contribution in [0.25, 0.3) is 0 Å². The molecular formula is C14H18BrNO3S. The van der Waals surface area contributed by atoms with Crippen LogP contribution in [0.2, 0.25) is 0 Å². The Morgan fingerprint density at radius 2 is 2.35 bits per heavy atom. The highest BCUT2D eigenvalue weighted by atomic mass is 79.9. The van der Waals surface area contributed by atoms with Gasteiger partial charge in [-0.1, -0.05) is 35.7 Å². The standard InChI is InChI=1S/C14H18BrNO3S/c1-2-3-6-14(16-11(8-20-14)13(18)19)10-7-9(15)4-5-12(10)17/h4-5,7,11,16-17H,2-3,6,8H2,1H3,(H,18,19). The molecule has 1 aromatic carbocycles. The van der Waals surface area contributed by atoms with Gasteiger partial charge in [0.25, 0.3) is 0 Å². The predicted octanol–water partition coefficient (Wildman–Crippen LogP) is 3.29. The van der Waals surface area contributed by atoms with Crippen molar-refractivity contribution in [1.29, 1.82) is 0 Å². The third-order valence-corrected chi connectivity index (χ3v) is 5.51. The normalized spacial score (nSPS) is 25.8. The van der Waals surface area contributed by atoms with Crippen LogP contribution in [-0.4, -0.2) is 28.0 Å². The third kappa shape index (κ3) is 3.13. The van der Waals surface area contributed by atoms with E-state index in [0.29, 0.717) is 5.75 Å². The Bertz CT molecular complexity index is 511. The summed E-state index contributed by atoms with van der Waals surface area (Å²) in [5, 5.41) is 22.6. The number of carboxylic acids is 1. The first-order valence-corrected chi connectivity index (χ1v) is 8.40. The zero-order valence-corrected chi connectivity index (χ0v) is 13.6. The van der Waals surface area contributed by atoms with Crippen molar-refractivity contribution in [3.63, 3.8) is 0 Å². The van der Waals surface area contributed by atoms with Crippen molar-refractivity contribution >= 4 is 33.7 Å². The Morgan fingerprint density at radius 3 is 2.95 bits per heavy atom. The van der Waals surface area contributed by atoms with Gasteiger partial charge in [0.15, 0.2) is 0 Å². The number of phenolic OH excluding ortho intramolecular Hbond substituents is 1. The molecule has 0 radical (unpaired) electrons. The second kappa shape index (κ2) is 6.37. The molecule has 1 saturated heterocycles. The van der Waals surface area contributed by atoms with Gasteiger partial charge in [0.05, 0.1) is 4.87 Å². The number of aromatic hydroxyl groups is 1. The van der Waals surface area contributed by atoms with Crippen LogP contribution >= 0.6 is 27.7 Å². The van der Waals surface area contributed by atoms with E-state index >= 15 is 0 Å². The van der Waals surface area contributed by atoms with Gasteiger partial charge in [-0.15, -0.1) is 11.8 Å². The van der Waals surface area contributed by atoms with Crippen molar-refractivity contribution in [2.75, 3.05) is 5.75 Å². The number of halogens is 1. The van der Waals surface area contributed by atoms with E-state index in [1.54, 1.807) is 23.9 Å². The first-order valence-electron chi connectivity index (χ1n) is 6.62. The number of carboxylic acid groups (broad SMARTS) is 1. The van der Waals surface area contributed by atoms with Gasteiger partial charge in [-0.25, -0.2) is 0 Å². The molecule has 2 rings (SSSR count). The molecular weight excluding hydrogens is 342 g/mol. The summed E-state index contributed by atoms with van der Waals surface area (Å²) in [5.74, 6) is -0.133. The van der Waals surface area contributed by atoms with Gasteiger partial charge >= 0.3 is 5.97 Å². The average molecular weight is 360 g/mol. The lowest BCUT2D eigenvalue weighted by atomic mass is 9.98. The minimum absolute atomic E-state index is 0.204. The minimum Gasteiger partial charge on any atom is -0.508 e. The Balaban J connectivity index is 2.37. The van der Waals surface area contributed by atoms with Crippen molar-refractivity contribution < 1.29 is 15.0 Å². The van der Waals surface area contributed by atoms with E-state index in [4.69, 9.17) is 0 Å². The van der Waals surface area contributed by atoms with Gasteiger partial charge in [-0.05, 0) is 24.6 Å². The quantitative estimate of drug-likeness (QED) is 0.752. The SMILES string of the molecule is CCCCC1(c2cc(Br)ccc2O)NC(C(=O)O)CS1. The Labute approximate surface area is 131 Å². The molecule has 20 heavy (non-hydrogen) atoms. The number of unbranched alkanes of at least 4 members (excludes halogenated alkanes) is 1. The van der Waals surface area contributed by atoms with E-state index in [2.05, 4.69) is 28.2 Å². The summed E-state index contributed by atoms with van der Waals surface area (Å²) < 4.78 is 0.877. The van der Waals surface area contributed by atoms with Crippen LogP contribution in [0.1, 0.15) is 31.7 Å². The van der Waals surface area contributed by atoms with Crippen molar-refractivity contribution in [2.45, 2.75) is 37.1 Å². The molecule has 0 bridgehead atoms. The first-order chi connectivity index (χ1) is 9.48. The second-order valence-electron chi connectivity index (χ2n) is 4.94. The number of hydrogen-bond donors (Lipinski definition) is 3. The lowest BCUT2D eigenvalue weighted by molar-refractivity contribution is -0.138. The molecule has 0 spiro atoms. The lowest BCUT2D eigenvalue weighted by Gasteiger charge is -2.30. The molecule has 110 valence electrons. The average Bonchev–Trinajstić information content (AvgIpc) is 2.85. The lowest BCUT2D eigenvalue weighted by Crippen LogP contribution is -2.43. The molecule has 0 saturated carbocycles. The molecule has 4 nitrogen and oxygen atoms in total. The molecule has 0 aromatic heterocycles. The van der Waals surface area contributed by atoms with Gasteiger partial charge < -0.3 is 10.2 Å². The number of rotatable bonds is 5. The number of hydrogen-bond acceptors (Lipinski definition) is 4. The van der Waals surface area contributed by atoms with Crippen LogP contribution in [0.4, 0.5) is 0 Å². The van der Waals surface area contributed by atoms with Crippen LogP contribution in [0.15, 0.2) is 22.7 Å². The summed E-state index contributed by atoms with van der Waals surface area (Å²) in [7, 11) is 0. The van der Waals surface area contributed by atoms with E-state index in [0.717, 1.165) is 29.3 Å². The molecule has 1 aromatic rings. The Kier molecular flexibility index (Phi) is 4.99. The zero-order chi connectivity index (χ0) is 14.8. The molecule has 3 N–H and O–H groups in total. The Morgan fingerprint density at radius 1 is 1.60 bits per heavy atom. The molecule has 0 aliphatic carbocycles. The number of carbonyl (C=O) groups is 1. The maximum Gasteiger partial charge on any atom is 0.321 e. The minimum atomic E-state index is -0.842.